The van der Waals surface area contributed by atoms with Crippen LogP contribution in [0.1, 0.15) is 5.56 Å². The molecule has 0 spiro atoms. The highest BCUT2D eigenvalue weighted by atomic mass is 16.6. The SMILES string of the molecule is CN(C)Cc1cccc([N+](=O)[O-])c1NN. The third-order valence-corrected chi connectivity index (χ3v) is 1.96. The van der Waals surface area contributed by atoms with Crippen molar-refractivity contribution in [1.82, 2.24) is 4.90 Å². The maximum atomic E-state index is 10.7. The van der Waals surface area contributed by atoms with E-state index in [1.807, 2.05) is 25.1 Å². The number of nitrogens with one attached hydrogen (secondary N) is 1. The Morgan fingerprint density at radius 1 is 1.53 bits per heavy atom. The van der Waals surface area contributed by atoms with Crippen LogP contribution in [0.5, 0.6) is 0 Å². The second-order valence-corrected chi connectivity index (χ2v) is 3.45. The number of benzene rings is 1. The lowest BCUT2D eigenvalue weighted by atomic mass is 10.1. The monoisotopic (exact) mass is 210 g/mol. The molecule has 0 aliphatic rings. The van der Waals surface area contributed by atoms with E-state index < -0.39 is 4.92 Å². The molecule has 0 saturated carbocycles. The highest BCUT2D eigenvalue weighted by molar-refractivity contribution is 5.65. The van der Waals surface area contributed by atoms with Gasteiger partial charge in [0.05, 0.1) is 4.92 Å². The molecule has 0 unspecified atom stereocenters. The minimum atomic E-state index is -0.450. The highest BCUT2D eigenvalue weighted by Crippen LogP contribution is 2.27. The van der Waals surface area contributed by atoms with Crippen LogP contribution in [0.2, 0.25) is 0 Å². The van der Waals surface area contributed by atoms with Crippen LogP contribution in [-0.4, -0.2) is 23.9 Å². The first-order valence-corrected chi connectivity index (χ1v) is 4.44. The molecule has 0 heterocycles. The molecule has 0 aliphatic carbocycles. The van der Waals surface area contributed by atoms with Crippen molar-refractivity contribution in [3.63, 3.8) is 0 Å². The van der Waals surface area contributed by atoms with E-state index in [2.05, 4.69) is 5.43 Å². The molecule has 6 nitrogen and oxygen atoms in total. The predicted octanol–water partition coefficient (Wildman–Crippen LogP) is 0.942. The Kier molecular flexibility index (Phi) is 3.59. The lowest BCUT2D eigenvalue weighted by Crippen LogP contribution is -2.16. The first kappa shape index (κ1) is 11.4. The van der Waals surface area contributed by atoms with Gasteiger partial charge in [0, 0.05) is 12.6 Å². The van der Waals surface area contributed by atoms with Crippen LogP contribution in [0.3, 0.4) is 0 Å². The molecule has 6 heteroatoms. The van der Waals surface area contributed by atoms with Gasteiger partial charge in [0.2, 0.25) is 0 Å². The molecule has 82 valence electrons. The first-order valence-electron chi connectivity index (χ1n) is 4.44. The molecule has 3 N–H and O–H groups in total. The number of hydrogen-bond acceptors (Lipinski definition) is 5. The van der Waals surface area contributed by atoms with E-state index in [-0.39, 0.29) is 5.69 Å². The van der Waals surface area contributed by atoms with E-state index in [9.17, 15) is 10.1 Å². The van der Waals surface area contributed by atoms with Crippen molar-refractivity contribution in [2.24, 2.45) is 5.84 Å². The smallest absolute Gasteiger partial charge is 0.293 e. The maximum absolute atomic E-state index is 10.7. The minimum absolute atomic E-state index is 0.00292. The standard InChI is InChI=1S/C9H14N4O2/c1-12(2)6-7-4-3-5-8(13(14)15)9(7)11-10/h3-5,11H,6,10H2,1-2H3. The molecule has 0 radical (unpaired) electrons. The zero-order valence-electron chi connectivity index (χ0n) is 8.73. The van der Waals surface area contributed by atoms with Gasteiger partial charge in [-0.05, 0) is 19.7 Å². The summed E-state index contributed by atoms with van der Waals surface area (Å²) in [5.41, 5.74) is 3.55. The minimum Gasteiger partial charge on any atom is -0.318 e. The lowest BCUT2D eigenvalue weighted by Gasteiger charge is -2.13. The maximum Gasteiger partial charge on any atom is 0.293 e. The molecule has 0 fully saturated rings. The third kappa shape index (κ3) is 2.64. The third-order valence-electron chi connectivity index (χ3n) is 1.96. The quantitative estimate of drug-likeness (QED) is 0.439. The summed E-state index contributed by atoms with van der Waals surface area (Å²) in [6.07, 6.45) is 0. The van der Waals surface area contributed by atoms with E-state index in [0.29, 0.717) is 12.2 Å². The zero-order valence-corrected chi connectivity index (χ0v) is 8.73. The van der Waals surface area contributed by atoms with Gasteiger partial charge in [0.1, 0.15) is 5.69 Å². The number of para-hydroxylation sites is 1. The summed E-state index contributed by atoms with van der Waals surface area (Å²) in [4.78, 5) is 12.2. The molecule has 0 saturated heterocycles. The number of nitrogens with two attached hydrogens (primary N) is 1. The Labute approximate surface area is 87.8 Å². The normalized spacial score (nSPS) is 10.4. The van der Waals surface area contributed by atoms with Crippen molar-refractivity contribution >= 4 is 11.4 Å². The summed E-state index contributed by atoms with van der Waals surface area (Å²) in [5, 5.41) is 10.7. The topological polar surface area (TPSA) is 84.4 Å². The van der Waals surface area contributed by atoms with Crippen molar-refractivity contribution in [3.8, 4) is 0 Å². The molecule has 0 amide bonds. The highest BCUT2D eigenvalue weighted by Gasteiger charge is 2.16. The summed E-state index contributed by atoms with van der Waals surface area (Å²) in [5.74, 6) is 5.29. The lowest BCUT2D eigenvalue weighted by molar-refractivity contribution is -0.384. The summed E-state index contributed by atoms with van der Waals surface area (Å²) in [7, 11) is 3.78. The number of nitro benzene ring substituents is 1. The Balaban J connectivity index is 3.16. The molecule has 0 bridgehead atoms. The predicted molar refractivity (Wildman–Crippen MR) is 58.3 cm³/mol. The largest absolute Gasteiger partial charge is 0.318 e. The van der Waals surface area contributed by atoms with Gasteiger partial charge in [-0.25, -0.2) is 0 Å². The molecule has 0 atom stereocenters. The van der Waals surface area contributed by atoms with E-state index in [4.69, 9.17) is 5.84 Å². The average Bonchev–Trinajstić information content (AvgIpc) is 2.16. The van der Waals surface area contributed by atoms with Crippen molar-refractivity contribution in [1.29, 1.82) is 0 Å². The number of nitrogen functional groups attached to an aromatic ring is 1. The van der Waals surface area contributed by atoms with E-state index in [1.165, 1.54) is 6.07 Å². The van der Waals surface area contributed by atoms with E-state index in [1.54, 1.807) is 6.07 Å². The van der Waals surface area contributed by atoms with Crippen LogP contribution in [0.25, 0.3) is 0 Å². The fourth-order valence-electron chi connectivity index (χ4n) is 1.38. The zero-order chi connectivity index (χ0) is 11.4. The van der Waals surface area contributed by atoms with Crippen molar-refractivity contribution in [2.75, 3.05) is 19.5 Å². The second-order valence-electron chi connectivity index (χ2n) is 3.45. The Bertz CT molecular complexity index is 365. The number of hydrazine groups is 1. The summed E-state index contributed by atoms with van der Waals surface area (Å²) < 4.78 is 0. The number of rotatable bonds is 4. The molecule has 0 aromatic heterocycles. The van der Waals surface area contributed by atoms with Crippen LogP contribution in [0.15, 0.2) is 18.2 Å². The fraction of sp³-hybridized carbons (Fsp3) is 0.333. The van der Waals surface area contributed by atoms with E-state index >= 15 is 0 Å². The number of anilines is 1. The Morgan fingerprint density at radius 3 is 2.67 bits per heavy atom. The van der Waals surface area contributed by atoms with Crippen molar-refractivity contribution < 1.29 is 4.92 Å². The molecule has 1 aromatic rings. The molecule has 1 aromatic carbocycles. The second kappa shape index (κ2) is 4.72. The number of nitro groups is 1. The van der Waals surface area contributed by atoms with E-state index in [0.717, 1.165) is 5.56 Å². The van der Waals surface area contributed by atoms with Gasteiger partial charge in [-0.1, -0.05) is 12.1 Å². The summed E-state index contributed by atoms with van der Waals surface area (Å²) >= 11 is 0. The van der Waals surface area contributed by atoms with Crippen molar-refractivity contribution in [2.45, 2.75) is 6.54 Å². The van der Waals surface area contributed by atoms with Gasteiger partial charge < -0.3 is 10.3 Å². The van der Waals surface area contributed by atoms with Gasteiger partial charge in [-0.15, -0.1) is 0 Å². The molecule has 15 heavy (non-hydrogen) atoms. The van der Waals surface area contributed by atoms with Gasteiger partial charge >= 0.3 is 0 Å². The van der Waals surface area contributed by atoms with Crippen LogP contribution in [-0.2, 0) is 6.54 Å². The van der Waals surface area contributed by atoms with Gasteiger partial charge in [0.25, 0.3) is 5.69 Å². The molecule has 0 aliphatic heterocycles. The van der Waals surface area contributed by atoms with Crippen LogP contribution in [0, 0.1) is 10.1 Å². The van der Waals surface area contributed by atoms with Crippen LogP contribution < -0.4 is 11.3 Å². The van der Waals surface area contributed by atoms with Gasteiger partial charge in [-0.2, -0.15) is 0 Å². The fourth-order valence-corrected chi connectivity index (χ4v) is 1.38. The van der Waals surface area contributed by atoms with Gasteiger partial charge in [0.15, 0.2) is 0 Å². The summed E-state index contributed by atoms with van der Waals surface area (Å²) in [6, 6.07) is 4.88. The molecular weight excluding hydrogens is 196 g/mol. The summed E-state index contributed by atoms with van der Waals surface area (Å²) in [6.45, 7) is 0.598. The van der Waals surface area contributed by atoms with Crippen LogP contribution in [0.4, 0.5) is 11.4 Å². The Morgan fingerprint density at radius 2 is 2.20 bits per heavy atom. The van der Waals surface area contributed by atoms with Crippen LogP contribution >= 0.6 is 0 Å². The number of hydrogen-bond donors (Lipinski definition) is 2. The van der Waals surface area contributed by atoms with Crippen molar-refractivity contribution in [3.05, 3.63) is 33.9 Å². The number of nitrogens with zero attached hydrogens (tertiary/aromatic N) is 2. The molecule has 1 rings (SSSR count). The molecular formula is C9H14N4O2. The average molecular weight is 210 g/mol. The Hall–Kier alpha value is -1.66. The first-order chi connectivity index (χ1) is 7.06. The van der Waals surface area contributed by atoms with Gasteiger partial charge in [-0.3, -0.25) is 16.0 Å².